The number of hydrogen-bond donors (Lipinski definition) is 0. The molecule has 3 rings (SSSR count). The summed E-state index contributed by atoms with van der Waals surface area (Å²) in [5, 5.41) is 3.93. The fraction of sp³-hybridized carbons (Fsp3) is 0.273. The van der Waals surface area contributed by atoms with Gasteiger partial charge in [-0.05, 0) is 42.5 Å². The minimum Gasteiger partial charge on any atom is -0.497 e. The molecular formula is C22H23FN2O6S. The Morgan fingerprint density at radius 3 is 2.41 bits per heavy atom. The number of nitrogens with zero attached hydrogens (tertiary/aromatic N) is 2. The molecular weight excluding hydrogens is 439 g/mol. The number of esters is 1. The molecule has 0 N–H and O–H groups in total. The van der Waals surface area contributed by atoms with Gasteiger partial charge in [-0.15, -0.1) is 0 Å². The van der Waals surface area contributed by atoms with Gasteiger partial charge in [0.25, 0.3) is 0 Å². The Kier molecular flexibility index (Phi) is 7.26. The smallest absolute Gasteiger partial charge is 0.341 e. The van der Waals surface area contributed by atoms with Crippen LogP contribution in [0, 0.1) is 5.82 Å². The summed E-state index contributed by atoms with van der Waals surface area (Å²) in [6.45, 7) is 3.58. The first-order valence-electron chi connectivity index (χ1n) is 9.87. The average molecular weight is 462 g/mol. The molecule has 32 heavy (non-hydrogen) atoms. The molecule has 10 heteroatoms. The summed E-state index contributed by atoms with van der Waals surface area (Å²) in [7, 11) is -2.29. The lowest BCUT2D eigenvalue weighted by Gasteiger charge is -2.18. The van der Waals surface area contributed by atoms with E-state index in [0.717, 1.165) is 23.8 Å². The number of benzene rings is 2. The number of aromatic nitrogens is 1. The lowest BCUT2D eigenvalue weighted by atomic mass is 10.1. The minimum absolute atomic E-state index is 0.184. The number of halogens is 1. The van der Waals surface area contributed by atoms with Crippen molar-refractivity contribution in [1.29, 1.82) is 0 Å². The number of ether oxygens (including phenoxy) is 2. The topological polar surface area (TPSA) is 98.9 Å². The quantitative estimate of drug-likeness (QED) is 0.445. The Balaban J connectivity index is 1.73. The highest BCUT2D eigenvalue weighted by Crippen LogP contribution is 2.23. The third-order valence-electron chi connectivity index (χ3n) is 4.79. The van der Waals surface area contributed by atoms with Crippen LogP contribution >= 0.6 is 0 Å². The van der Waals surface area contributed by atoms with Crippen molar-refractivity contribution in [2.45, 2.75) is 25.3 Å². The maximum atomic E-state index is 14.2. The number of carbonyl (C=O) groups is 1. The number of hydrogen-bond acceptors (Lipinski definition) is 7. The summed E-state index contributed by atoms with van der Waals surface area (Å²) in [6.07, 6.45) is 0. The van der Waals surface area contributed by atoms with E-state index in [2.05, 4.69) is 5.16 Å². The number of rotatable bonds is 9. The van der Waals surface area contributed by atoms with Crippen LogP contribution in [0.25, 0.3) is 11.3 Å². The SMILES string of the molecule is CCN(CC)S(=O)(=O)c1ccc(F)c(C(=O)OCc2cc(-c3ccc(OC)cc3)no2)c1. The Bertz CT molecular complexity index is 1190. The average Bonchev–Trinajstić information content (AvgIpc) is 3.27. The van der Waals surface area contributed by atoms with Gasteiger partial charge in [0.2, 0.25) is 10.0 Å². The van der Waals surface area contributed by atoms with E-state index in [0.29, 0.717) is 11.4 Å². The van der Waals surface area contributed by atoms with Crippen molar-refractivity contribution in [1.82, 2.24) is 9.46 Å². The fourth-order valence-corrected chi connectivity index (χ4v) is 4.51. The fourth-order valence-electron chi connectivity index (χ4n) is 3.03. The van der Waals surface area contributed by atoms with Crippen LogP contribution in [0.15, 0.2) is 57.9 Å². The van der Waals surface area contributed by atoms with Crippen LogP contribution in [0.3, 0.4) is 0 Å². The Morgan fingerprint density at radius 2 is 1.78 bits per heavy atom. The lowest BCUT2D eigenvalue weighted by Crippen LogP contribution is -2.30. The van der Waals surface area contributed by atoms with Gasteiger partial charge in [0.1, 0.15) is 17.3 Å². The van der Waals surface area contributed by atoms with Crippen molar-refractivity contribution in [3.8, 4) is 17.0 Å². The molecule has 0 aliphatic carbocycles. The molecule has 1 aromatic heterocycles. The molecule has 3 aromatic rings. The zero-order valence-electron chi connectivity index (χ0n) is 17.9. The predicted octanol–water partition coefficient (Wildman–Crippen LogP) is 3.88. The van der Waals surface area contributed by atoms with E-state index < -0.39 is 27.4 Å². The highest BCUT2D eigenvalue weighted by atomic mass is 32.2. The predicted molar refractivity (Wildman–Crippen MR) is 114 cm³/mol. The van der Waals surface area contributed by atoms with Crippen molar-refractivity contribution < 1.29 is 31.6 Å². The third kappa shape index (κ3) is 4.97. The third-order valence-corrected chi connectivity index (χ3v) is 6.84. The van der Waals surface area contributed by atoms with Gasteiger partial charge in [0.15, 0.2) is 12.4 Å². The molecule has 170 valence electrons. The maximum Gasteiger partial charge on any atom is 0.341 e. The molecule has 0 bridgehead atoms. The van der Waals surface area contributed by atoms with E-state index in [1.54, 1.807) is 51.3 Å². The van der Waals surface area contributed by atoms with Gasteiger partial charge >= 0.3 is 5.97 Å². The second-order valence-corrected chi connectivity index (χ2v) is 8.65. The van der Waals surface area contributed by atoms with Crippen molar-refractivity contribution >= 4 is 16.0 Å². The van der Waals surface area contributed by atoms with Gasteiger partial charge in [-0.2, -0.15) is 4.31 Å². The van der Waals surface area contributed by atoms with E-state index in [4.69, 9.17) is 14.0 Å². The maximum absolute atomic E-state index is 14.2. The molecule has 0 fully saturated rings. The summed E-state index contributed by atoms with van der Waals surface area (Å²) < 4.78 is 56.2. The molecule has 1 heterocycles. The van der Waals surface area contributed by atoms with E-state index in [1.165, 1.54) is 4.31 Å². The normalized spacial score (nSPS) is 11.5. The molecule has 0 amide bonds. The van der Waals surface area contributed by atoms with E-state index in [1.807, 2.05) is 0 Å². The van der Waals surface area contributed by atoms with Gasteiger partial charge in [0.05, 0.1) is 17.6 Å². The highest BCUT2D eigenvalue weighted by molar-refractivity contribution is 7.89. The summed E-state index contributed by atoms with van der Waals surface area (Å²) in [5.41, 5.74) is 0.817. The summed E-state index contributed by atoms with van der Waals surface area (Å²) in [6, 6.07) is 11.8. The summed E-state index contributed by atoms with van der Waals surface area (Å²) in [5.74, 6) is -0.957. The summed E-state index contributed by atoms with van der Waals surface area (Å²) >= 11 is 0. The largest absolute Gasteiger partial charge is 0.497 e. The Labute approximate surface area is 185 Å². The van der Waals surface area contributed by atoms with Crippen LogP contribution in [0.4, 0.5) is 4.39 Å². The zero-order chi connectivity index (χ0) is 23.3. The first-order valence-corrected chi connectivity index (χ1v) is 11.3. The second-order valence-electron chi connectivity index (χ2n) is 6.71. The van der Waals surface area contributed by atoms with Gasteiger partial charge in [-0.1, -0.05) is 19.0 Å². The molecule has 0 saturated heterocycles. The standard InChI is InChI=1S/C22H23FN2O6S/c1-4-25(5-2)32(27,28)18-10-11-20(23)19(13-18)22(26)30-14-17-12-21(24-31-17)15-6-8-16(29-3)9-7-15/h6-13H,4-5,14H2,1-3H3. The lowest BCUT2D eigenvalue weighted by molar-refractivity contribution is 0.0431. The first kappa shape index (κ1) is 23.4. The van der Waals surface area contributed by atoms with Crippen LogP contribution in [0.1, 0.15) is 30.0 Å². The first-order chi connectivity index (χ1) is 15.3. The summed E-state index contributed by atoms with van der Waals surface area (Å²) in [4.78, 5) is 12.2. The van der Waals surface area contributed by atoms with Crippen molar-refractivity contribution in [2.75, 3.05) is 20.2 Å². The van der Waals surface area contributed by atoms with Crippen LogP contribution < -0.4 is 4.74 Å². The number of sulfonamides is 1. The van der Waals surface area contributed by atoms with Crippen LogP contribution in [-0.2, 0) is 21.4 Å². The van der Waals surface area contributed by atoms with Crippen molar-refractivity contribution in [2.24, 2.45) is 0 Å². The molecule has 0 aliphatic heterocycles. The van der Waals surface area contributed by atoms with Gasteiger partial charge in [0, 0.05) is 24.7 Å². The molecule has 0 spiro atoms. The van der Waals surface area contributed by atoms with E-state index in [-0.39, 0.29) is 30.4 Å². The Morgan fingerprint density at radius 1 is 1.09 bits per heavy atom. The molecule has 8 nitrogen and oxygen atoms in total. The molecule has 0 atom stereocenters. The van der Waals surface area contributed by atoms with Crippen LogP contribution in [0.5, 0.6) is 5.75 Å². The monoisotopic (exact) mass is 462 g/mol. The number of methoxy groups -OCH3 is 1. The molecule has 0 unspecified atom stereocenters. The van der Waals surface area contributed by atoms with Gasteiger partial charge in [-0.3, -0.25) is 0 Å². The van der Waals surface area contributed by atoms with Crippen molar-refractivity contribution in [3.63, 3.8) is 0 Å². The molecule has 0 saturated carbocycles. The van der Waals surface area contributed by atoms with Crippen molar-refractivity contribution in [3.05, 3.63) is 65.7 Å². The zero-order valence-corrected chi connectivity index (χ0v) is 18.7. The molecule has 0 radical (unpaired) electrons. The Hall–Kier alpha value is -3.24. The van der Waals surface area contributed by atoms with Gasteiger partial charge < -0.3 is 14.0 Å². The van der Waals surface area contributed by atoms with E-state index in [9.17, 15) is 17.6 Å². The number of carbonyl (C=O) groups excluding carboxylic acids is 1. The molecule has 2 aromatic carbocycles. The second kappa shape index (κ2) is 9.92. The van der Waals surface area contributed by atoms with Crippen LogP contribution in [0.2, 0.25) is 0 Å². The highest BCUT2D eigenvalue weighted by Gasteiger charge is 2.25. The van der Waals surface area contributed by atoms with Crippen LogP contribution in [-0.4, -0.2) is 44.0 Å². The van der Waals surface area contributed by atoms with Gasteiger partial charge in [-0.25, -0.2) is 17.6 Å². The molecule has 0 aliphatic rings. The van der Waals surface area contributed by atoms with E-state index >= 15 is 0 Å². The minimum atomic E-state index is -3.85.